The summed E-state index contributed by atoms with van der Waals surface area (Å²) in [4.78, 5) is 0. The lowest BCUT2D eigenvalue weighted by Crippen LogP contribution is -1.98. The van der Waals surface area contributed by atoms with Gasteiger partial charge in [0.2, 0.25) is 0 Å². The number of hydrogen-bond acceptors (Lipinski definition) is 6. The van der Waals surface area contributed by atoms with Crippen LogP contribution in [0, 0.1) is 0 Å². The molecule has 1 rings (SSSR count). The summed E-state index contributed by atoms with van der Waals surface area (Å²) in [6.07, 6.45) is 55.1. The van der Waals surface area contributed by atoms with Crippen molar-refractivity contribution in [3.8, 4) is 0 Å². The van der Waals surface area contributed by atoms with E-state index in [1.54, 1.807) is 0 Å². The molecular weight excluding hydrogens is 745 g/mol. The number of hydrogen-bond donors (Lipinski definition) is 0. The van der Waals surface area contributed by atoms with Crippen molar-refractivity contribution in [2.24, 2.45) is 0 Å². The highest BCUT2D eigenvalue weighted by Gasteiger charge is 2.00. The summed E-state index contributed by atoms with van der Waals surface area (Å²) in [5.41, 5.74) is 0. The minimum absolute atomic E-state index is 0.955. The Morgan fingerprint density at radius 1 is 0.0833 bits per heavy atom. The van der Waals surface area contributed by atoms with Crippen molar-refractivity contribution in [3.63, 3.8) is 0 Å². The second-order valence-corrected chi connectivity index (χ2v) is 18.5. The largest absolute Gasteiger partial charge is 0.381 e. The van der Waals surface area contributed by atoms with Gasteiger partial charge in [-0.05, 0) is 77.0 Å². The van der Waals surface area contributed by atoms with Crippen LogP contribution < -0.4 is 0 Å². The van der Waals surface area contributed by atoms with Crippen LogP contribution in [0.3, 0.4) is 0 Å². The molecule has 0 amide bonds. The van der Waals surface area contributed by atoms with E-state index in [1.165, 1.54) is 270 Å². The molecule has 1 fully saturated rings. The Bertz CT molecular complexity index is 383. The molecule has 1 heterocycles. The van der Waals surface area contributed by atoms with Gasteiger partial charge in [0.25, 0.3) is 0 Å². The Labute approximate surface area is 376 Å². The van der Waals surface area contributed by atoms with Crippen molar-refractivity contribution in [1.82, 2.24) is 0 Å². The fourth-order valence-electron chi connectivity index (χ4n) is 8.37. The second kappa shape index (κ2) is 54.9. The van der Waals surface area contributed by atoms with Gasteiger partial charge in [-0.1, -0.05) is 193 Å². The van der Waals surface area contributed by atoms with E-state index >= 15 is 0 Å². The Kier molecular flexibility index (Phi) is 52.9. The van der Waals surface area contributed by atoms with Crippen molar-refractivity contribution < 1.29 is 28.4 Å². The summed E-state index contributed by atoms with van der Waals surface area (Å²) >= 11 is 0. The number of ether oxygens (including phenoxy) is 6. The fourth-order valence-corrected chi connectivity index (χ4v) is 8.37. The molecule has 60 heavy (non-hydrogen) atoms. The zero-order chi connectivity index (χ0) is 42.4. The topological polar surface area (TPSA) is 55.4 Å². The van der Waals surface area contributed by atoms with Gasteiger partial charge in [-0.15, -0.1) is 0 Å². The van der Waals surface area contributed by atoms with Crippen LogP contribution in [0.5, 0.6) is 0 Å². The minimum Gasteiger partial charge on any atom is -0.381 e. The second-order valence-electron chi connectivity index (χ2n) is 18.5. The lowest BCUT2D eigenvalue weighted by molar-refractivity contribution is 0.123. The lowest BCUT2D eigenvalue weighted by atomic mass is 10.1. The summed E-state index contributed by atoms with van der Waals surface area (Å²) in [7, 11) is 0. The zero-order valence-corrected chi connectivity index (χ0v) is 40.6. The van der Waals surface area contributed by atoms with Crippen molar-refractivity contribution in [3.05, 3.63) is 0 Å². The summed E-state index contributed by atoms with van der Waals surface area (Å²) in [6.45, 7) is 11.5. The lowest BCUT2D eigenvalue weighted by Gasteiger charge is -2.07. The molecule has 0 atom stereocenters. The van der Waals surface area contributed by atoms with Crippen LogP contribution in [0.1, 0.15) is 270 Å². The molecule has 360 valence electrons. The van der Waals surface area contributed by atoms with Crippen molar-refractivity contribution in [2.45, 2.75) is 270 Å². The van der Waals surface area contributed by atoms with Crippen molar-refractivity contribution in [1.29, 1.82) is 0 Å². The molecule has 0 aromatic heterocycles. The first kappa shape index (κ1) is 57.8. The maximum atomic E-state index is 5.91. The van der Waals surface area contributed by atoms with Crippen LogP contribution in [-0.4, -0.2) is 79.3 Å². The third-order valence-corrected chi connectivity index (χ3v) is 12.5. The van der Waals surface area contributed by atoms with Gasteiger partial charge in [0.1, 0.15) is 0 Å². The first-order chi connectivity index (χ1) is 30.0. The van der Waals surface area contributed by atoms with Crippen LogP contribution in [-0.2, 0) is 28.4 Å². The Morgan fingerprint density at radius 2 is 0.150 bits per heavy atom. The third kappa shape index (κ3) is 52.1. The molecular formula is C54H108O6. The van der Waals surface area contributed by atoms with Gasteiger partial charge >= 0.3 is 0 Å². The molecule has 0 N–H and O–H groups in total. The highest BCUT2D eigenvalue weighted by atomic mass is 16.5. The monoisotopic (exact) mass is 853 g/mol. The summed E-state index contributed by atoms with van der Waals surface area (Å²) in [6, 6.07) is 0. The molecule has 1 aliphatic heterocycles. The quantitative estimate of drug-likeness (QED) is 0.242. The molecule has 0 aliphatic carbocycles. The Balaban J connectivity index is 2.00. The molecule has 0 radical (unpaired) electrons. The Morgan fingerprint density at radius 3 is 0.233 bits per heavy atom. The Hall–Kier alpha value is -0.240. The van der Waals surface area contributed by atoms with Gasteiger partial charge in [-0.3, -0.25) is 0 Å². The molecule has 6 nitrogen and oxygen atoms in total. The highest BCUT2D eigenvalue weighted by Crippen LogP contribution is 2.14. The number of rotatable bonds is 0. The summed E-state index contributed by atoms with van der Waals surface area (Å²) in [5.74, 6) is 0. The van der Waals surface area contributed by atoms with Crippen LogP contribution in [0.4, 0.5) is 0 Å². The first-order valence-electron chi connectivity index (χ1n) is 27.5. The SMILES string of the molecule is C1CCCCOCCCCCCCCCOCCCCCCCCCOCCCCCCCCCOCCCCCCCCCOCCCCCCCCCOCCCC1. The predicted octanol–water partition coefficient (Wildman–Crippen LogP) is 16.5. The van der Waals surface area contributed by atoms with Crippen molar-refractivity contribution >= 4 is 0 Å². The molecule has 0 saturated carbocycles. The maximum Gasteiger partial charge on any atom is 0.0466 e. The van der Waals surface area contributed by atoms with Crippen molar-refractivity contribution in [2.75, 3.05) is 79.3 Å². The average Bonchev–Trinajstić information content (AvgIpc) is 3.26. The minimum atomic E-state index is 0.955. The third-order valence-electron chi connectivity index (χ3n) is 12.5. The average molecular weight is 853 g/mol. The standard InChI is InChI=1S/C54H108O6/c1-7-19-31-43-55-45-33-21-9-2-11-23-35-47-57-49-37-25-13-4-15-27-39-51-59-53-41-29-17-6-18-30-42-54-60-52-40-28-16-5-14-26-38-50-58-48-36-24-12-3-10-22-34-46-56-44-32-20-8-1/h1-54H2. The molecule has 0 unspecified atom stereocenters. The van der Waals surface area contributed by atoms with Gasteiger partial charge in [0.05, 0.1) is 0 Å². The first-order valence-corrected chi connectivity index (χ1v) is 27.5. The normalized spacial score (nSPS) is 24.0. The van der Waals surface area contributed by atoms with Crippen LogP contribution >= 0.6 is 0 Å². The molecule has 0 bridgehead atoms. The maximum absolute atomic E-state index is 5.91. The van der Waals surface area contributed by atoms with E-state index in [9.17, 15) is 0 Å². The fraction of sp³-hybridized carbons (Fsp3) is 1.00. The summed E-state index contributed by atoms with van der Waals surface area (Å²) < 4.78 is 35.4. The molecule has 0 aromatic rings. The van der Waals surface area contributed by atoms with Gasteiger partial charge in [-0.2, -0.15) is 0 Å². The molecule has 0 spiro atoms. The van der Waals surface area contributed by atoms with E-state index in [2.05, 4.69) is 0 Å². The van der Waals surface area contributed by atoms with E-state index < -0.39 is 0 Å². The molecule has 6 heteroatoms. The molecule has 1 aliphatic rings. The van der Waals surface area contributed by atoms with Gasteiger partial charge < -0.3 is 28.4 Å². The van der Waals surface area contributed by atoms with Crippen LogP contribution in [0.15, 0.2) is 0 Å². The van der Waals surface area contributed by atoms with Gasteiger partial charge in [0, 0.05) is 79.3 Å². The van der Waals surface area contributed by atoms with E-state index in [0.717, 1.165) is 79.3 Å². The van der Waals surface area contributed by atoms with Crippen LogP contribution in [0.2, 0.25) is 0 Å². The van der Waals surface area contributed by atoms with E-state index in [-0.39, 0.29) is 0 Å². The predicted molar refractivity (Wildman–Crippen MR) is 259 cm³/mol. The smallest absolute Gasteiger partial charge is 0.0466 e. The van der Waals surface area contributed by atoms with E-state index in [1.807, 2.05) is 0 Å². The zero-order valence-electron chi connectivity index (χ0n) is 40.6. The van der Waals surface area contributed by atoms with E-state index in [0.29, 0.717) is 0 Å². The van der Waals surface area contributed by atoms with E-state index in [4.69, 9.17) is 28.4 Å². The van der Waals surface area contributed by atoms with Gasteiger partial charge in [-0.25, -0.2) is 0 Å². The van der Waals surface area contributed by atoms with Crippen LogP contribution in [0.25, 0.3) is 0 Å². The molecule has 1 saturated heterocycles. The molecule has 0 aromatic carbocycles. The summed E-state index contributed by atoms with van der Waals surface area (Å²) in [5, 5.41) is 0. The van der Waals surface area contributed by atoms with Gasteiger partial charge in [0.15, 0.2) is 0 Å². The highest BCUT2D eigenvalue weighted by molar-refractivity contribution is 4.53.